The van der Waals surface area contributed by atoms with E-state index < -0.39 is 10.1 Å². The summed E-state index contributed by atoms with van der Waals surface area (Å²) >= 11 is 0. The lowest BCUT2D eigenvalue weighted by Crippen LogP contribution is -2.17. The van der Waals surface area contributed by atoms with E-state index in [9.17, 15) is 8.42 Å². The molecule has 0 unspecified atom stereocenters. The number of benzene rings is 1. The Bertz CT molecular complexity index is 999. The second kappa shape index (κ2) is 6.60. The summed E-state index contributed by atoms with van der Waals surface area (Å²) in [7, 11) is -4.02. The molecule has 7 nitrogen and oxygen atoms in total. The molecule has 26 heavy (non-hydrogen) atoms. The van der Waals surface area contributed by atoms with Crippen LogP contribution in [0.1, 0.15) is 33.3 Å². The summed E-state index contributed by atoms with van der Waals surface area (Å²) in [4.78, 5) is 3.91. The van der Waals surface area contributed by atoms with Crippen molar-refractivity contribution in [2.24, 2.45) is 0 Å². The summed E-state index contributed by atoms with van der Waals surface area (Å²) < 4.78 is 34.0. The van der Waals surface area contributed by atoms with Crippen LogP contribution in [0.5, 0.6) is 5.75 Å². The van der Waals surface area contributed by atoms with Crippen LogP contribution in [0.2, 0.25) is 0 Å². The number of aryl methyl sites for hydroxylation is 1. The second-order valence-electron chi connectivity index (χ2n) is 6.94. The average molecular weight is 374 g/mol. The van der Waals surface area contributed by atoms with E-state index in [1.165, 1.54) is 17.1 Å². The number of nitrogens with zero attached hydrogens (tertiary/aromatic N) is 4. The van der Waals surface area contributed by atoms with Gasteiger partial charge in [0.15, 0.2) is 10.8 Å². The fraction of sp³-hybridized carbons (Fsp3) is 0.333. The molecule has 0 aliphatic carbocycles. The molecule has 8 heteroatoms. The first-order valence-corrected chi connectivity index (χ1v) is 9.72. The van der Waals surface area contributed by atoms with Crippen LogP contribution >= 0.6 is 0 Å². The molecule has 0 radical (unpaired) electrons. The van der Waals surface area contributed by atoms with E-state index in [0.717, 1.165) is 5.56 Å². The second-order valence-corrected chi connectivity index (χ2v) is 8.43. The minimum atomic E-state index is -4.02. The standard InChI is InChI=1S/C18H22N4O3S/c1-5-21-13-19-12-17(21)26(23,24)25-16-8-7-14(18(2,3)4)11-15(16)22-10-6-9-20-22/h6-13H,5H2,1-4H3. The molecule has 2 aromatic heterocycles. The molecule has 0 saturated heterocycles. The van der Waals surface area contributed by atoms with Crippen LogP contribution in [-0.2, 0) is 22.1 Å². The molecule has 0 atom stereocenters. The van der Waals surface area contributed by atoms with Crippen LogP contribution in [0.15, 0.2) is 54.2 Å². The van der Waals surface area contributed by atoms with Crippen molar-refractivity contribution < 1.29 is 12.6 Å². The highest BCUT2D eigenvalue weighted by Gasteiger charge is 2.24. The Morgan fingerprint density at radius 3 is 2.62 bits per heavy atom. The number of rotatable bonds is 5. The zero-order chi connectivity index (χ0) is 18.9. The fourth-order valence-electron chi connectivity index (χ4n) is 2.56. The Morgan fingerprint density at radius 2 is 2.00 bits per heavy atom. The lowest BCUT2D eigenvalue weighted by molar-refractivity contribution is 0.471. The van der Waals surface area contributed by atoms with E-state index in [0.29, 0.717) is 12.2 Å². The summed E-state index contributed by atoms with van der Waals surface area (Å²) in [6.45, 7) is 8.59. The van der Waals surface area contributed by atoms with E-state index in [-0.39, 0.29) is 16.2 Å². The predicted octanol–water partition coefficient (Wildman–Crippen LogP) is 3.15. The molecule has 138 valence electrons. The van der Waals surface area contributed by atoms with Gasteiger partial charge in [-0.15, -0.1) is 0 Å². The summed E-state index contributed by atoms with van der Waals surface area (Å²) in [5.41, 5.74) is 1.51. The van der Waals surface area contributed by atoms with Gasteiger partial charge >= 0.3 is 10.1 Å². The molecule has 3 aromatic rings. The molecule has 0 aliphatic heterocycles. The van der Waals surface area contributed by atoms with Crippen molar-refractivity contribution in [2.75, 3.05) is 0 Å². The van der Waals surface area contributed by atoms with Gasteiger partial charge in [0.2, 0.25) is 0 Å². The van der Waals surface area contributed by atoms with Gasteiger partial charge in [0.1, 0.15) is 5.69 Å². The Morgan fingerprint density at radius 1 is 1.23 bits per heavy atom. The van der Waals surface area contributed by atoms with Gasteiger partial charge in [-0.1, -0.05) is 26.8 Å². The summed E-state index contributed by atoms with van der Waals surface area (Å²) in [6, 6.07) is 7.21. The van der Waals surface area contributed by atoms with Crippen LogP contribution in [0.3, 0.4) is 0 Å². The van der Waals surface area contributed by atoms with Crippen LogP contribution in [0.4, 0.5) is 0 Å². The molecule has 0 bridgehead atoms. The van der Waals surface area contributed by atoms with Gasteiger partial charge in [-0.25, -0.2) is 9.67 Å². The smallest absolute Gasteiger partial charge is 0.356 e. The van der Waals surface area contributed by atoms with Gasteiger partial charge in [0, 0.05) is 18.9 Å². The molecule has 0 fully saturated rings. The molecule has 0 aliphatic rings. The van der Waals surface area contributed by atoms with Gasteiger partial charge in [0.25, 0.3) is 0 Å². The maximum atomic E-state index is 12.7. The van der Waals surface area contributed by atoms with Crippen LogP contribution in [-0.4, -0.2) is 27.7 Å². The molecule has 0 spiro atoms. The third-order valence-corrected chi connectivity index (χ3v) is 5.30. The van der Waals surface area contributed by atoms with Gasteiger partial charge < -0.3 is 8.75 Å². The molecular weight excluding hydrogens is 352 g/mol. The van der Waals surface area contributed by atoms with Gasteiger partial charge in [-0.05, 0) is 36.1 Å². The topological polar surface area (TPSA) is 79.0 Å². The predicted molar refractivity (Wildman–Crippen MR) is 98.0 cm³/mol. The number of imidazole rings is 1. The molecule has 1 aromatic carbocycles. The van der Waals surface area contributed by atoms with Crippen LogP contribution in [0.25, 0.3) is 5.69 Å². The first kappa shape index (κ1) is 18.2. The molecule has 2 heterocycles. The molecule has 0 N–H and O–H groups in total. The molecule has 0 amide bonds. The van der Waals surface area contributed by atoms with E-state index in [1.807, 2.05) is 19.1 Å². The lowest BCUT2D eigenvalue weighted by atomic mass is 9.87. The number of hydrogen-bond acceptors (Lipinski definition) is 5. The Hall–Kier alpha value is -2.61. The quantitative estimate of drug-likeness (QED) is 0.641. The first-order valence-electron chi connectivity index (χ1n) is 8.31. The van der Waals surface area contributed by atoms with Crippen molar-refractivity contribution in [1.29, 1.82) is 0 Å². The highest BCUT2D eigenvalue weighted by Crippen LogP contribution is 2.31. The third-order valence-electron chi connectivity index (χ3n) is 4.05. The van der Waals surface area contributed by atoms with Crippen molar-refractivity contribution >= 4 is 10.1 Å². The summed E-state index contributed by atoms with van der Waals surface area (Å²) in [6.07, 6.45) is 6.13. The monoisotopic (exact) mass is 374 g/mol. The van der Waals surface area contributed by atoms with E-state index in [2.05, 4.69) is 30.9 Å². The normalized spacial score (nSPS) is 12.3. The Balaban J connectivity index is 2.08. The number of hydrogen-bond donors (Lipinski definition) is 0. The van der Waals surface area contributed by atoms with E-state index >= 15 is 0 Å². The highest BCUT2D eigenvalue weighted by atomic mass is 32.2. The van der Waals surface area contributed by atoms with Crippen molar-refractivity contribution in [3.8, 4) is 11.4 Å². The third kappa shape index (κ3) is 3.50. The lowest BCUT2D eigenvalue weighted by Gasteiger charge is -2.21. The molecule has 3 rings (SSSR count). The van der Waals surface area contributed by atoms with Crippen molar-refractivity contribution in [2.45, 2.75) is 44.7 Å². The van der Waals surface area contributed by atoms with E-state index in [1.54, 1.807) is 29.2 Å². The van der Waals surface area contributed by atoms with Crippen molar-refractivity contribution in [3.63, 3.8) is 0 Å². The zero-order valence-corrected chi connectivity index (χ0v) is 16.1. The zero-order valence-electron chi connectivity index (χ0n) is 15.2. The molecule has 0 saturated carbocycles. The minimum absolute atomic E-state index is 0.0197. The van der Waals surface area contributed by atoms with Gasteiger partial charge in [-0.2, -0.15) is 13.5 Å². The van der Waals surface area contributed by atoms with Crippen LogP contribution in [0, 0.1) is 0 Å². The first-order chi connectivity index (χ1) is 12.2. The summed E-state index contributed by atoms with van der Waals surface area (Å²) in [5.74, 6) is 0.213. The Kier molecular flexibility index (Phi) is 4.62. The average Bonchev–Trinajstić information content (AvgIpc) is 3.25. The largest absolute Gasteiger partial charge is 0.376 e. The molecular formula is C18H22N4O3S. The van der Waals surface area contributed by atoms with Gasteiger partial charge in [0.05, 0.1) is 12.5 Å². The Labute approximate surface area is 153 Å². The van der Waals surface area contributed by atoms with E-state index in [4.69, 9.17) is 4.18 Å². The highest BCUT2D eigenvalue weighted by molar-refractivity contribution is 7.87. The van der Waals surface area contributed by atoms with Crippen LogP contribution < -0.4 is 4.18 Å². The maximum Gasteiger partial charge on any atom is 0.356 e. The fourth-order valence-corrected chi connectivity index (χ4v) is 3.68. The maximum absolute atomic E-state index is 12.7. The SMILES string of the molecule is CCn1cncc1S(=O)(=O)Oc1ccc(C(C)(C)C)cc1-n1cccn1. The van der Waals surface area contributed by atoms with Crippen molar-refractivity contribution in [3.05, 3.63) is 54.7 Å². The van der Waals surface area contributed by atoms with Gasteiger partial charge in [-0.3, -0.25) is 0 Å². The minimum Gasteiger partial charge on any atom is -0.376 e. The van der Waals surface area contributed by atoms with Crippen molar-refractivity contribution in [1.82, 2.24) is 19.3 Å². The number of aromatic nitrogens is 4. The summed E-state index contributed by atoms with van der Waals surface area (Å²) in [5, 5.41) is 4.24.